The van der Waals surface area contributed by atoms with Crippen molar-refractivity contribution in [1.29, 1.82) is 5.41 Å². The number of aliphatic hydroxyl groups is 1. The molecule has 0 saturated heterocycles. The summed E-state index contributed by atoms with van der Waals surface area (Å²) in [6, 6.07) is -2.89. The van der Waals surface area contributed by atoms with Gasteiger partial charge in [-0.15, -0.1) is 0 Å². The average Bonchev–Trinajstić information content (AvgIpc) is 3.02. The number of azo groups is 2. The average molecular weight is 807 g/mol. The quantitative estimate of drug-likeness (QED) is 0.0489. The van der Waals surface area contributed by atoms with E-state index in [-0.39, 0.29) is 157 Å². The number of methoxy groups -OCH3 is 1. The third kappa shape index (κ3) is 12.2. The van der Waals surface area contributed by atoms with E-state index in [9.17, 15) is 39.8 Å². The molecule has 0 aromatic heterocycles. The van der Waals surface area contributed by atoms with E-state index in [1.54, 1.807) is 0 Å². The SMILES string of the molecule is COC(=N)C1CCC(N=NC2CCC(N=NC3C(OS(=O)[O-])CC4CC(S(=O)(=O)[O-])C(N)CC4C3O)C3CC(S(=O)(=O)[O-])CCC23)CC1.[Na+].[Na+].[Na+]. The van der Waals surface area contributed by atoms with Crippen molar-refractivity contribution in [2.75, 3.05) is 7.11 Å². The summed E-state index contributed by atoms with van der Waals surface area (Å²) in [6.45, 7) is 0. The molecule has 23 heteroatoms. The normalized spacial score (nSPS) is 40.8. The number of fused-ring (bicyclic) bond motifs is 2. The van der Waals surface area contributed by atoms with Gasteiger partial charge in [0.15, 0.2) is 5.90 Å². The van der Waals surface area contributed by atoms with Crippen LogP contribution in [-0.4, -0.2) is 106 Å². The summed E-state index contributed by atoms with van der Waals surface area (Å²) in [5.41, 5.74) is 6.04. The number of rotatable bonds is 9. The van der Waals surface area contributed by atoms with E-state index in [1.807, 2.05) is 0 Å². The van der Waals surface area contributed by atoms with Crippen LogP contribution in [0.3, 0.4) is 0 Å². The Hall–Kier alpha value is 1.48. The molecule has 5 aliphatic rings. The maximum Gasteiger partial charge on any atom is 1.00 e. The topological polar surface area (TPSA) is 293 Å². The molecule has 4 N–H and O–H groups in total. The zero-order valence-corrected chi connectivity index (χ0v) is 38.1. The molecule has 0 aliphatic heterocycles. The van der Waals surface area contributed by atoms with Gasteiger partial charge in [0.1, 0.15) is 12.1 Å². The summed E-state index contributed by atoms with van der Waals surface area (Å²) in [4.78, 5) is 0. The molecule has 5 fully saturated rings. The zero-order chi connectivity index (χ0) is 35.0. The number of aliphatic hydroxyl groups excluding tert-OH is 1. The van der Waals surface area contributed by atoms with Crippen LogP contribution >= 0.6 is 0 Å². The third-order valence-electron chi connectivity index (χ3n) is 11.5. The van der Waals surface area contributed by atoms with Crippen LogP contribution in [0.4, 0.5) is 0 Å². The summed E-state index contributed by atoms with van der Waals surface area (Å²) in [5.74, 6) is -1.28. The van der Waals surface area contributed by atoms with Gasteiger partial charge >= 0.3 is 88.7 Å². The number of hydrogen-bond donors (Lipinski definition) is 3. The number of nitrogens with zero attached hydrogens (tertiary/aromatic N) is 4. The van der Waals surface area contributed by atoms with Crippen LogP contribution in [0.1, 0.15) is 77.0 Å². The molecule has 0 bridgehead atoms. The molecule has 0 radical (unpaired) electrons. The van der Waals surface area contributed by atoms with Crippen LogP contribution in [0.25, 0.3) is 0 Å². The number of hydrogen-bond acceptors (Lipinski definition) is 17. The number of ether oxygens (including phenoxy) is 1. The molecule has 0 spiro atoms. The van der Waals surface area contributed by atoms with Crippen molar-refractivity contribution in [2.45, 2.75) is 130 Å². The Labute approximate surface area is 369 Å². The second-order valence-corrected chi connectivity index (χ2v) is 18.0. The smallest absolute Gasteiger partial charge is 0.750 e. The monoisotopic (exact) mass is 806 g/mol. The van der Waals surface area contributed by atoms with Crippen LogP contribution in [0.15, 0.2) is 20.5 Å². The minimum absolute atomic E-state index is 0. The maximum atomic E-state index is 12.1. The fourth-order valence-electron chi connectivity index (χ4n) is 8.97. The van der Waals surface area contributed by atoms with Gasteiger partial charge in [0, 0.05) is 17.2 Å². The molecule has 17 nitrogen and oxygen atoms in total. The number of nitrogens with two attached hydrogens (primary N) is 1. The van der Waals surface area contributed by atoms with E-state index in [1.165, 1.54) is 7.11 Å². The van der Waals surface area contributed by atoms with Gasteiger partial charge in [0.05, 0.1) is 68.2 Å². The molecule has 13 unspecified atom stereocenters. The predicted octanol–water partition coefficient (Wildman–Crippen LogP) is -7.47. The van der Waals surface area contributed by atoms with Gasteiger partial charge in [-0.2, -0.15) is 20.5 Å². The Morgan fingerprint density at radius 3 is 1.98 bits per heavy atom. The van der Waals surface area contributed by atoms with E-state index < -0.39 is 84.3 Å². The molecule has 0 amide bonds. The fraction of sp³-hybridized carbons (Fsp3) is 0.964. The summed E-state index contributed by atoms with van der Waals surface area (Å²) < 4.78 is 105. The predicted molar refractivity (Wildman–Crippen MR) is 167 cm³/mol. The first-order valence-corrected chi connectivity index (χ1v) is 20.5. The molecule has 5 saturated carbocycles. The Kier molecular flexibility index (Phi) is 19.8. The molecular weight excluding hydrogens is 762 g/mol. The van der Waals surface area contributed by atoms with E-state index >= 15 is 0 Å². The molecule has 0 aromatic carbocycles. The molecule has 274 valence electrons. The van der Waals surface area contributed by atoms with Crippen molar-refractivity contribution < 1.29 is 137 Å². The molecule has 51 heavy (non-hydrogen) atoms. The van der Waals surface area contributed by atoms with Crippen molar-refractivity contribution in [2.24, 2.45) is 55.8 Å². The molecular formula is C28H45N6Na3O11S3. The van der Waals surface area contributed by atoms with E-state index in [2.05, 4.69) is 15.3 Å². The van der Waals surface area contributed by atoms with E-state index in [0.29, 0.717) is 19.3 Å². The molecule has 13 atom stereocenters. The first-order valence-electron chi connectivity index (χ1n) is 16.6. The van der Waals surface area contributed by atoms with Crippen molar-refractivity contribution in [3.63, 3.8) is 0 Å². The van der Waals surface area contributed by atoms with Gasteiger partial charge in [-0.05, 0) is 101 Å². The fourth-order valence-corrected chi connectivity index (χ4v) is 11.3. The zero-order valence-electron chi connectivity index (χ0n) is 29.7. The summed E-state index contributed by atoms with van der Waals surface area (Å²) in [6.07, 6.45) is 2.22. The molecule has 0 aromatic rings. The Morgan fingerprint density at radius 2 is 1.41 bits per heavy atom. The van der Waals surface area contributed by atoms with Gasteiger partial charge in [-0.1, -0.05) is 0 Å². The van der Waals surface area contributed by atoms with E-state index in [0.717, 1.165) is 25.7 Å². The summed E-state index contributed by atoms with van der Waals surface area (Å²) in [7, 11) is -7.80. The van der Waals surface area contributed by atoms with Gasteiger partial charge in [-0.3, -0.25) is 9.59 Å². The first-order chi connectivity index (χ1) is 22.6. The van der Waals surface area contributed by atoms with Crippen LogP contribution < -0.4 is 94.4 Å². The van der Waals surface area contributed by atoms with Gasteiger partial charge in [0.25, 0.3) is 0 Å². The van der Waals surface area contributed by atoms with Crippen LogP contribution in [0.2, 0.25) is 0 Å². The van der Waals surface area contributed by atoms with Crippen LogP contribution in [-0.2, 0) is 40.5 Å². The van der Waals surface area contributed by atoms with Crippen molar-refractivity contribution in [1.82, 2.24) is 0 Å². The van der Waals surface area contributed by atoms with Crippen molar-refractivity contribution in [3.8, 4) is 0 Å². The summed E-state index contributed by atoms with van der Waals surface area (Å²) in [5, 5.41) is 35.2. The minimum atomic E-state index is -4.72. The van der Waals surface area contributed by atoms with Crippen LogP contribution in [0, 0.1) is 35.0 Å². The maximum absolute atomic E-state index is 12.1. The Morgan fingerprint density at radius 1 is 0.804 bits per heavy atom. The molecule has 5 rings (SSSR count). The second kappa shape index (κ2) is 20.8. The summed E-state index contributed by atoms with van der Waals surface area (Å²) >= 11 is -3.00. The van der Waals surface area contributed by atoms with Gasteiger partial charge in [0.2, 0.25) is 0 Å². The van der Waals surface area contributed by atoms with Crippen molar-refractivity contribution in [3.05, 3.63) is 0 Å². The third-order valence-corrected chi connectivity index (χ3v) is 14.4. The van der Waals surface area contributed by atoms with Gasteiger partial charge in [-0.25, -0.2) is 21.0 Å². The largest absolute Gasteiger partial charge is 1.00 e. The first kappa shape index (κ1) is 48.6. The van der Waals surface area contributed by atoms with Gasteiger partial charge < -0.3 is 29.2 Å². The minimum Gasteiger partial charge on any atom is -0.750 e. The van der Waals surface area contributed by atoms with Crippen molar-refractivity contribution >= 4 is 37.5 Å². The standard InChI is InChI=1S/C28H48N6O11S3.3Na/c1-44-28(30)14-2-4-16(5-3-14)31-32-22-8-9-23(20-12-17(47(38,39)40)6-7-18(20)22)33-34-26-24(45-46(36)37)10-15-11-25(48(41,42)43)21(29)13-19(15)27(26)35;;;/h14-27,30,35H,2-13,29H2,1H3,(H,36,37)(H,38,39,40)(H,41,42,43);;;/q;3*+1/p-3. The molecule has 0 heterocycles. The number of nitrogens with one attached hydrogen (secondary N) is 1. The van der Waals surface area contributed by atoms with Crippen LogP contribution in [0.5, 0.6) is 0 Å². The Bertz CT molecular complexity index is 1470. The molecule has 5 aliphatic carbocycles. The Balaban J connectivity index is 0.00000300. The second-order valence-electron chi connectivity index (χ2n) is 14.1. The van der Waals surface area contributed by atoms with E-state index in [4.69, 9.17) is 25.2 Å².